The van der Waals surface area contributed by atoms with E-state index in [2.05, 4.69) is 31.4 Å². The van der Waals surface area contributed by atoms with Crippen LogP contribution in [0.4, 0.5) is 0 Å². The van der Waals surface area contributed by atoms with Gasteiger partial charge in [-0.1, -0.05) is 38.3 Å². The van der Waals surface area contributed by atoms with Crippen LogP contribution in [0.2, 0.25) is 0 Å². The number of hydrogen-bond acceptors (Lipinski definition) is 1. The third-order valence-electron chi connectivity index (χ3n) is 2.78. The summed E-state index contributed by atoms with van der Waals surface area (Å²) in [6.07, 6.45) is 9.19. The first-order valence-electron chi connectivity index (χ1n) is 5.78. The maximum atomic E-state index is 5.26. The van der Waals surface area contributed by atoms with E-state index in [1.165, 1.54) is 31.2 Å². The Labute approximate surface area is 91.1 Å². The molecule has 0 aliphatic heterocycles. The van der Waals surface area contributed by atoms with Crippen LogP contribution in [0.25, 0.3) is 11.0 Å². The number of aryl methyl sites for hydroxylation is 1. The molecule has 2 rings (SSSR count). The molecule has 1 aromatic heterocycles. The van der Waals surface area contributed by atoms with E-state index in [-0.39, 0.29) is 0 Å². The molecule has 0 saturated heterocycles. The molecule has 15 heavy (non-hydrogen) atoms. The lowest BCUT2D eigenvalue weighted by Crippen LogP contribution is -1.85. The molecule has 0 bridgehead atoms. The maximum Gasteiger partial charge on any atom is 0.170 e. The number of fused-ring (bicyclic) bond motifs is 1. The maximum absolute atomic E-state index is 5.26. The molecule has 1 heterocycles. The minimum Gasteiger partial charge on any atom is -0.453 e. The molecule has 0 amide bonds. The molecule has 0 atom stereocenters. The number of furan rings is 1. The van der Waals surface area contributed by atoms with Gasteiger partial charge in [0.1, 0.15) is 5.58 Å². The van der Waals surface area contributed by atoms with Crippen molar-refractivity contribution in [1.82, 2.24) is 0 Å². The molecule has 0 N–H and O–H groups in total. The fourth-order valence-corrected chi connectivity index (χ4v) is 1.85. The molecule has 0 saturated carbocycles. The highest BCUT2D eigenvalue weighted by Crippen LogP contribution is 2.18. The van der Waals surface area contributed by atoms with Gasteiger partial charge in [0.15, 0.2) is 6.26 Å². The first-order chi connectivity index (χ1) is 7.40. The fraction of sp³-hybridized carbons (Fsp3) is 0.429. The molecule has 0 aliphatic rings. The van der Waals surface area contributed by atoms with Gasteiger partial charge in [-0.15, -0.1) is 0 Å². The Morgan fingerprint density at radius 1 is 1.20 bits per heavy atom. The Balaban J connectivity index is 1.96. The van der Waals surface area contributed by atoms with E-state index in [0.29, 0.717) is 0 Å². The summed E-state index contributed by atoms with van der Waals surface area (Å²) in [5.41, 5.74) is 2.34. The second-order valence-electron chi connectivity index (χ2n) is 4.05. The molecule has 0 fully saturated rings. The quantitative estimate of drug-likeness (QED) is 0.655. The molecule has 0 aliphatic carbocycles. The van der Waals surface area contributed by atoms with Crippen LogP contribution in [-0.4, -0.2) is 0 Å². The summed E-state index contributed by atoms with van der Waals surface area (Å²) in [5, 5.41) is 1.15. The highest BCUT2D eigenvalue weighted by atomic mass is 16.3. The van der Waals surface area contributed by atoms with Gasteiger partial charge < -0.3 is 4.42 Å². The molecule has 79 valence electrons. The van der Waals surface area contributed by atoms with E-state index in [1.54, 1.807) is 0 Å². The lowest BCUT2D eigenvalue weighted by molar-refractivity contribution is 0.605. The van der Waals surface area contributed by atoms with Crippen LogP contribution in [0.3, 0.4) is 0 Å². The molecule has 2 aromatic rings. The van der Waals surface area contributed by atoms with Crippen molar-refractivity contribution in [3.05, 3.63) is 36.1 Å². The van der Waals surface area contributed by atoms with Crippen molar-refractivity contribution in [1.29, 1.82) is 0 Å². The normalized spacial score (nSPS) is 11.0. The van der Waals surface area contributed by atoms with Crippen molar-refractivity contribution in [2.75, 3.05) is 0 Å². The Morgan fingerprint density at radius 2 is 2.13 bits per heavy atom. The van der Waals surface area contributed by atoms with E-state index in [0.717, 1.165) is 17.4 Å². The Hall–Kier alpha value is -1.24. The molecule has 0 unspecified atom stereocenters. The molecule has 0 spiro atoms. The predicted molar refractivity (Wildman–Crippen MR) is 62.9 cm³/mol. The number of hydrogen-bond donors (Lipinski definition) is 0. The van der Waals surface area contributed by atoms with Crippen molar-refractivity contribution < 1.29 is 4.42 Å². The average molecular weight is 201 g/mol. The first-order valence-corrected chi connectivity index (χ1v) is 5.78. The lowest BCUT2D eigenvalue weighted by atomic mass is 10.1. The Morgan fingerprint density at radius 3 is 3.00 bits per heavy atom. The zero-order valence-corrected chi connectivity index (χ0v) is 9.25. The summed E-state index contributed by atoms with van der Waals surface area (Å²) in [4.78, 5) is 0. The Bertz CT molecular complexity index is 414. The van der Waals surface area contributed by atoms with Gasteiger partial charge in [-0.2, -0.15) is 0 Å². The third kappa shape index (κ3) is 2.62. The van der Waals surface area contributed by atoms with Crippen LogP contribution in [0, 0.1) is 6.26 Å². The van der Waals surface area contributed by atoms with Crippen molar-refractivity contribution in [2.24, 2.45) is 0 Å². The summed E-state index contributed by atoms with van der Waals surface area (Å²) >= 11 is 0. The van der Waals surface area contributed by atoms with E-state index >= 15 is 0 Å². The zero-order valence-electron chi connectivity index (χ0n) is 9.25. The number of unbranched alkanes of at least 4 members (excludes halogenated alkanes) is 3. The van der Waals surface area contributed by atoms with Crippen molar-refractivity contribution in [3.63, 3.8) is 0 Å². The second kappa shape index (κ2) is 5.01. The average Bonchev–Trinajstić information content (AvgIpc) is 2.71. The second-order valence-corrected chi connectivity index (χ2v) is 4.05. The van der Waals surface area contributed by atoms with Crippen LogP contribution >= 0.6 is 0 Å². The minimum absolute atomic E-state index is 0.961. The molecule has 1 aromatic carbocycles. The van der Waals surface area contributed by atoms with Gasteiger partial charge in [-0.3, -0.25) is 0 Å². The van der Waals surface area contributed by atoms with Gasteiger partial charge in [0, 0.05) is 5.39 Å². The minimum atomic E-state index is 0.961. The standard InChI is InChI=1S/C14H17O/c1-2-3-4-5-6-12-7-8-13-9-10-15-14(13)11-12/h7-9,11H,2-6H2,1H3. The van der Waals surface area contributed by atoms with Gasteiger partial charge in [0.2, 0.25) is 0 Å². The van der Waals surface area contributed by atoms with Crippen molar-refractivity contribution in [3.8, 4) is 0 Å². The molecular formula is C14H17O. The topological polar surface area (TPSA) is 13.1 Å². The fourth-order valence-electron chi connectivity index (χ4n) is 1.85. The third-order valence-corrected chi connectivity index (χ3v) is 2.78. The lowest BCUT2D eigenvalue weighted by Gasteiger charge is -2.00. The summed E-state index contributed by atoms with van der Waals surface area (Å²) in [6, 6.07) is 8.33. The van der Waals surface area contributed by atoms with Crippen LogP contribution in [-0.2, 0) is 6.42 Å². The van der Waals surface area contributed by atoms with Crippen molar-refractivity contribution in [2.45, 2.75) is 39.0 Å². The van der Waals surface area contributed by atoms with Crippen LogP contribution in [0.1, 0.15) is 38.2 Å². The predicted octanol–water partition coefficient (Wildman–Crippen LogP) is 4.36. The molecule has 1 nitrogen and oxygen atoms in total. The van der Waals surface area contributed by atoms with Crippen LogP contribution < -0.4 is 0 Å². The summed E-state index contributed by atoms with van der Waals surface area (Å²) in [5.74, 6) is 0. The van der Waals surface area contributed by atoms with Crippen LogP contribution in [0.5, 0.6) is 0 Å². The number of benzene rings is 1. The van der Waals surface area contributed by atoms with Gasteiger partial charge >= 0.3 is 0 Å². The molecule has 1 heteroatoms. The first kappa shape index (κ1) is 10.3. The smallest absolute Gasteiger partial charge is 0.170 e. The highest BCUT2D eigenvalue weighted by Gasteiger charge is 1.99. The van der Waals surface area contributed by atoms with Crippen LogP contribution in [0.15, 0.2) is 28.7 Å². The monoisotopic (exact) mass is 201 g/mol. The van der Waals surface area contributed by atoms with Gasteiger partial charge in [-0.25, -0.2) is 0 Å². The van der Waals surface area contributed by atoms with Crippen molar-refractivity contribution >= 4 is 11.0 Å². The van der Waals surface area contributed by atoms with Gasteiger partial charge in [-0.05, 0) is 30.5 Å². The van der Waals surface area contributed by atoms with Gasteiger partial charge in [0.05, 0.1) is 0 Å². The number of rotatable bonds is 5. The van der Waals surface area contributed by atoms with Gasteiger partial charge in [0.25, 0.3) is 0 Å². The Kier molecular flexibility index (Phi) is 3.44. The van der Waals surface area contributed by atoms with E-state index < -0.39 is 0 Å². The van der Waals surface area contributed by atoms with E-state index in [4.69, 9.17) is 4.42 Å². The van der Waals surface area contributed by atoms with E-state index in [1.807, 2.05) is 6.07 Å². The summed E-state index contributed by atoms with van der Waals surface area (Å²) < 4.78 is 5.26. The highest BCUT2D eigenvalue weighted by molar-refractivity contribution is 5.77. The zero-order chi connectivity index (χ0) is 10.5. The van der Waals surface area contributed by atoms with E-state index in [9.17, 15) is 0 Å². The SMILES string of the molecule is CCCCCCc1ccc2c[c]oc2c1. The molecular weight excluding hydrogens is 184 g/mol. The summed E-state index contributed by atoms with van der Waals surface area (Å²) in [6.45, 7) is 2.24. The largest absolute Gasteiger partial charge is 0.453 e. The molecule has 1 radical (unpaired) electrons. The summed E-state index contributed by atoms with van der Waals surface area (Å²) in [7, 11) is 0.